The zero-order chi connectivity index (χ0) is 10.8. The predicted octanol–water partition coefficient (Wildman–Crippen LogP) is 2.36. The summed E-state index contributed by atoms with van der Waals surface area (Å²) in [5, 5.41) is 0. The van der Waals surface area contributed by atoms with E-state index >= 15 is 0 Å². The molecule has 14 heavy (non-hydrogen) atoms. The Morgan fingerprint density at radius 2 is 2.07 bits per heavy atom. The molecule has 1 aliphatic heterocycles. The van der Waals surface area contributed by atoms with E-state index in [1.165, 1.54) is 18.5 Å². The average molecular weight is 196 g/mol. The molecular formula is C12H24N2. The van der Waals surface area contributed by atoms with Crippen LogP contribution < -0.4 is 5.73 Å². The van der Waals surface area contributed by atoms with Crippen LogP contribution in [0.1, 0.15) is 40.0 Å². The highest BCUT2D eigenvalue weighted by atomic mass is 15.2. The van der Waals surface area contributed by atoms with Gasteiger partial charge in [0, 0.05) is 24.8 Å². The van der Waals surface area contributed by atoms with E-state index in [2.05, 4.69) is 32.3 Å². The highest BCUT2D eigenvalue weighted by Gasteiger charge is 2.24. The third-order valence-corrected chi connectivity index (χ3v) is 3.12. The molecule has 1 rings (SSSR count). The first-order valence-electron chi connectivity index (χ1n) is 5.59. The lowest BCUT2D eigenvalue weighted by atomic mass is 9.86. The van der Waals surface area contributed by atoms with Crippen LogP contribution in [-0.2, 0) is 0 Å². The molecule has 1 saturated heterocycles. The van der Waals surface area contributed by atoms with Gasteiger partial charge in [-0.1, -0.05) is 27.4 Å². The Labute approximate surface area is 88.2 Å². The highest BCUT2D eigenvalue weighted by molar-refractivity contribution is 4.99. The first kappa shape index (κ1) is 11.6. The first-order chi connectivity index (χ1) is 6.41. The molecule has 1 aliphatic rings. The van der Waals surface area contributed by atoms with Gasteiger partial charge in [-0.25, -0.2) is 0 Å². The van der Waals surface area contributed by atoms with Crippen molar-refractivity contribution in [3.05, 3.63) is 12.3 Å². The summed E-state index contributed by atoms with van der Waals surface area (Å²) in [5.41, 5.74) is 7.63. The van der Waals surface area contributed by atoms with Crippen molar-refractivity contribution in [2.24, 2.45) is 11.1 Å². The van der Waals surface area contributed by atoms with Crippen LogP contribution in [0.3, 0.4) is 0 Å². The SMILES string of the molecule is C=C1CCCCN1C[C@@H](N)C(C)(C)C. The van der Waals surface area contributed by atoms with Crippen molar-refractivity contribution in [2.75, 3.05) is 13.1 Å². The van der Waals surface area contributed by atoms with Gasteiger partial charge in [0.1, 0.15) is 0 Å². The summed E-state index contributed by atoms with van der Waals surface area (Å²) in [6.45, 7) is 12.8. The zero-order valence-corrected chi connectivity index (χ0v) is 9.84. The summed E-state index contributed by atoms with van der Waals surface area (Å²) in [5.74, 6) is 0. The lowest BCUT2D eigenvalue weighted by molar-refractivity contribution is 0.212. The number of allylic oxidation sites excluding steroid dienone is 1. The Kier molecular flexibility index (Phi) is 3.59. The Bertz CT molecular complexity index is 203. The molecule has 0 spiro atoms. The van der Waals surface area contributed by atoms with E-state index < -0.39 is 0 Å². The second-order valence-electron chi connectivity index (χ2n) is 5.44. The molecule has 2 N–H and O–H groups in total. The van der Waals surface area contributed by atoms with Crippen LogP contribution in [0.5, 0.6) is 0 Å². The molecular weight excluding hydrogens is 172 g/mol. The van der Waals surface area contributed by atoms with Crippen LogP contribution >= 0.6 is 0 Å². The molecule has 0 aromatic rings. The van der Waals surface area contributed by atoms with Crippen LogP contribution in [-0.4, -0.2) is 24.0 Å². The quantitative estimate of drug-likeness (QED) is 0.734. The molecule has 82 valence electrons. The van der Waals surface area contributed by atoms with E-state index in [4.69, 9.17) is 5.73 Å². The number of hydrogen-bond acceptors (Lipinski definition) is 2. The van der Waals surface area contributed by atoms with Gasteiger partial charge in [-0.05, 0) is 24.7 Å². The molecule has 0 aromatic heterocycles. The highest BCUT2D eigenvalue weighted by Crippen LogP contribution is 2.23. The van der Waals surface area contributed by atoms with Crippen molar-refractivity contribution in [3.8, 4) is 0 Å². The van der Waals surface area contributed by atoms with Crippen molar-refractivity contribution >= 4 is 0 Å². The number of piperidine rings is 1. The molecule has 0 saturated carbocycles. The van der Waals surface area contributed by atoms with E-state index in [9.17, 15) is 0 Å². The van der Waals surface area contributed by atoms with Gasteiger partial charge < -0.3 is 10.6 Å². The van der Waals surface area contributed by atoms with Crippen LogP contribution in [0, 0.1) is 5.41 Å². The molecule has 0 unspecified atom stereocenters. The van der Waals surface area contributed by atoms with E-state index in [0.717, 1.165) is 19.5 Å². The molecule has 0 amide bonds. The second kappa shape index (κ2) is 4.35. The van der Waals surface area contributed by atoms with E-state index in [1.807, 2.05) is 0 Å². The van der Waals surface area contributed by atoms with Gasteiger partial charge in [-0.3, -0.25) is 0 Å². The Hall–Kier alpha value is -0.500. The topological polar surface area (TPSA) is 29.3 Å². The number of nitrogens with zero attached hydrogens (tertiary/aromatic N) is 1. The molecule has 0 aliphatic carbocycles. The minimum atomic E-state index is 0.192. The van der Waals surface area contributed by atoms with Crippen LogP contribution in [0.25, 0.3) is 0 Å². The summed E-state index contributed by atoms with van der Waals surface area (Å²) in [6, 6.07) is 0.234. The monoisotopic (exact) mass is 196 g/mol. The summed E-state index contributed by atoms with van der Waals surface area (Å²) in [7, 11) is 0. The molecule has 1 atom stereocenters. The summed E-state index contributed by atoms with van der Waals surface area (Å²) < 4.78 is 0. The van der Waals surface area contributed by atoms with Crippen molar-refractivity contribution in [2.45, 2.75) is 46.1 Å². The molecule has 2 heteroatoms. The normalized spacial score (nSPS) is 21.1. The van der Waals surface area contributed by atoms with Crippen LogP contribution in [0.2, 0.25) is 0 Å². The van der Waals surface area contributed by atoms with Gasteiger partial charge in [0.25, 0.3) is 0 Å². The fourth-order valence-electron chi connectivity index (χ4n) is 1.68. The van der Waals surface area contributed by atoms with Gasteiger partial charge in [-0.2, -0.15) is 0 Å². The Morgan fingerprint density at radius 3 is 2.57 bits per heavy atom. The number of rotatable bonds is 2. The number of likely N-dealkylation sites (tertiary alicyclic amines) is 1. The van der Waals surface area contributed by atoms with Crippen molar-refractivity contribution in [1.29, 1.82) is 0 Å². The van der Waals surface area contributed by atoms with Crippen LogP contribution in [0.15, 0.2) is 12.3 Å². The lowest BCUT2D eigenvalue weighted by Gasteiger charge is -2.37. The third-order valence-electron chi connectivity index (χ3n) is 3.12. The summed E-state index contributed by atoms with van der Waals surface area (Å²) in [6.07, 6.45) is 3.73. The van der Waals surface area contributed by atoms with Crippen molar-refractivity contribution < 1.29 is 0 Å². The van der Waals surface area contributed by atoms with Crippen LogP contribution in [0.4, 0.5) is 0 Å². The predicted molar refractivity (Wildman–Crippen MR) is 62.0 cm³/mol. The maximum absolute atomic E-state index is 6.16. The standard InChI is InChI=1S/C12H24N2/c1-10-7-5-6-8-14(10)9-11(13)12(2,3)4/h11H,1,5-9,13H2,2-4H3/t11-/m1/s1. The van der Waals surface area contributed by atoms with Gasteiger partial charge in [0.2, 0.25) is 0 Å². The van der Waals surface area contributed by atoms with Gasteiger partial charge in [0.15, 0.2) is 0 Å². The van der Waals surface area contributed by atoms with Gasteiger partial charge in [-0.15, -0.1) is 0 Å². The number of hydrogen-bond donors (Lipinski definition) is 1. The fourth-order valence-corrected chi connectivity index (χ4v) is 1.68. The summed E-state index contributed by atoms with van der Waals surface area (Å²) >= 11 is 0. The first-order valence-corrected chi connectivity index (χ1v) is 5.59. The molecule has 2 nitrogen and oxygen atoms in total. The van der Waals surface area contributed by atoms with E-state index in [0.29, 0.717) is 0 Å². The zero-order valence-electron chi connectivity index (χ0n) is 9.84. The smallest absolute Gasteiger partial charge is 0.0331 e. The van der Waals surface area contributed by atoms with Crippen molar-refractivity contribution in [3.63, 3.8) is 0 Å². The third kappa shape index (κ3) is 3.02. The minimum Gasteiger partial charge on any atom is -0.374 e. The number of nitrogens with two attached hydrogens (primary N) is 1. The molecule has 1 heterocycles. The van der Waals surface area contributed by atoms with E-state index in [1.54, 1.807) is 0 Å². The van der Waals surface area contributed by atoms with Crippen molar-refractivity contribution in [1.82, 2.24) is 4.90 Å². The second-order valence-corrected chi connectivity index (χ2v) is 5.44. The largest absolute Gasteiger partial charge is 0.374 e. The Balaban J connectivity index is 2.46. The molecule has 0 radical (unpaired) electrons. The van der Waals surface area contributed by atoms with Gasteiger partial charge >= 0.3 is 0 Å². The minimum absolute atomic E-state index is 0.192. The Morgan fingerprint density at radius 1 is 1.43 bits per heavy atom. The van der Waals surface area contributed by atoms with E-state index in [-0.39, 0.29) is 11.5 Å². The lowest BCUT2D eigenvalue weighted by Crippen LogP contribution is -2.45. The molecule has 0 aromatic carbocycles. The fraction of sp³-hybridized carbons (Fsp3) is 0.833. The molecule has 1 fully saturated rings. The maximum Gasteiger partial charge on any atom is 0.0331 e. The molecule has 0 bridgehead atoms. The maximum atomic E-state index is 6.16. The van der Waals surface area contributed by atoms with Gasteiger partial charge in [0.05, 0.1) is 0 Å². The summed E-state index contributed by atoms with van der Waals surface area (Å²) in [4.78, 5) is 2.36. The average Bonchev–Trinajstić information content (AvgIpc) is 2.07.